The quantitative estimate of drug-likeness (QED) is 0.739. The summed E-state index contributed by atoms with van der Waals surface area (Å²) in [6.07, 6.45) is 1.31. The highest BCUT2D eigenvalue weighted by Gasteiger charge is 2.47. The van der Waals surface area contributed by atoms with Crippen molar-refractivity contribution in [1.29, 1.82) is 0 Å². The van der Waals surface area contributed by atoms with Crippen LogP contribution in [0.4, 0.5) is 0 Å². The van der Waals surface area contributed by atoms with Crippen molar-refractivity contribution in [1.82, 2.24) is 14.5 Å². The third-order valence-electron chi connectivity index (χ3n) is 2.81. The minimum Gasteiger partial charge on any atom is -0.297 e. The Bertz CT molecular complexity index is 281. The van der Waals surface area contributed by atoms with Crippen molar-refractivity contribution in [3.05, 3.63) is 11.1 Å². The smallest absolute Gasteiger partial charge is 0.0895 e. The average molecular weight is 197 g/mol. The Kier molecular flexibility index (Phi) is 2.12. The summed E-state index contributed by atoms with van der Waals surface area (Å²) < 4.78 is 3.86. The van der Waals surface area contributed by atoms with Crippen LogP contribution in [0.15, 0.2) is 5.38 Å². The monoisotopic (exact) mass is 197 g/mol. The van der Waals surface area contributed by atoms with Crippen molar-refractivity contribution in [2.24, 2.45) is 5.41 Å². The molecule has 72 valence electrons. The molecule has 0 amide bonds. The maximum Gasteiger partial charge on any atom is 0.0895 e. The summed E-state index contributed by atoms with van der Waals surface area (Å²) >= 11 is 1.43. The largest absolute Gasteiger partial charge is 0.297 e. The van der Waals surface area contributed by atoms with E-state index in [2.05, 4.69) is 35.4 Å². The molecule has 1 atom stereocenters. The van der Waals surface area contributed by atoms with E-state index in [1.54, 1.807) is 0 Å². The number of aromatic nitrogens is 2. The Hall–Kier alpha value is -0.480. The summed E-state index contributed by atoms with van der Waals surface area (Å²) in [4.78, 5) is 2.37. The summed E-state index contributed by atoms with van der Waals surface area (Å²) in [6.45, 7) is 5.56. The summed E-state index contributed by atoms with van der Waals surface area (Å²) in [5.41, 5.74) is 1.60. The van der Waals surface area contributed by atoms with Crippen LogP contribution in [0.25, 0.3) is 0 Å². The Morgan fingerprint density at radius 2 is 2.38 bits per heavy atom. The van der Waals surface area contributed by atoms with E-state index in [0.29, 0.717) is 5.41 Å². The molecular weight excluding hydrogens is 182 g/mol. The fraction of sp³-hybridized carbons (Fsp3) is 0.778. The van der Waals surface area contributed by atoms with Gasteiger partial charge >= 0.3 is 0 Å². The van der Waals surface area contributed by atoms with Crippen LogP contribution in [0.5, 0.6) is 0 Å². The maximum atomic E-state index is 4.04. The highest BCUT2D eigenvalue weighted by Crippen LogP contribution is 2.48. The molecule has 0 N–H and O–H groups in total. The molecule has 2 rings (SSSR count). The number of hydrogen-bond donors (Lipinski definition) is 0. The number of rotatable bonds is 3. The van der Waals surface area contributed by atoms with Crippen LogP contribution < -0.4 is 0 Å². The Morgan fingerprint density at radius 1 is 1.69 bits per heavy atom. The summed E-state index contributed by atoms with van der Waals surface area (Å²) in [6, 6.07) is 0.731. The summed E-state index contributed by atoms with van der Waals surface area (Å²) in [7, 11) is 2.17. The minimum absolute atomic E-state index is 0.512. The Labute approximate surface area is 82.9 Å². The SMILES string of the molecule is CN(Cc1csnn1)C1CC1(C)C. The first-order valence-corrected chi connectivity index (χ1v) is 5.39. The van der Waals surface area contributed by atoms with E-state index in [1.165, 1.54) is 18.0 Å². The van der Waals surface area contributed by atoms with E-state index < -0.39 is 0 Å². The molecule has 1 unspecified atom stereocenters. The number of hydrogen-bond acceptors (Lipinski definition) is 4. The second-order valence-corrected chi connectivity index (χ2v) is 5.13. The molecule has 1 fully saturated rings. The van der Waals surface area contributed by atoms with Gasteiger partial charge in [-0.15, -0.1) is 5.10 Å². The van der Waals surface area contributed by atoms with Gasteiger partial charge in [-0.2, -0.15) is 0 Å². The first-order valence-electron chi connectivity index (χ1n) is 4.56. The zero-order chi connectivity index (χ0) is 9.47. The van der Waals surface area contributed by atoms with Crippen LogP contribution in [0, 0.1) is 5.41 Å². The molecule has 0 bridgehead atoms. The Balaban J connectivity index is 1.90. The van der Waals surface area contributed by atoms with Crippen molar-refractivity contribution in [3.63, 3.8) is 0 Å². The van der Waals surface area contributed by atoms with Crippen molar-refractivity contribution < 1.29 is 0 Å². The molecule has 1 aromatic rings. The second-order valence-electron chi connectivity index (χ2n) is 4.52. The fourth-order valence-electron chi connectivity index (χ4n) is 1.81. The zero-order valence-corrected chi connectivity index (χ0v) is 9.14. The van der Waals surface area contributed by atoms with Gasteiger partial charge in [0.15, 0.2) is 0 Å². The first-order chi connectivity index (χ1) is 6.09. The van der Waals surface area contributed by atoms with Crippen molar-refractivity contribution in [2.45, 2.75) is 32.9 Å². The average Bonchev–Trinajstić information content (AvgIpc) is 2.49. The van der Waals surface area contributed by atoms with Gasteiger partial charge in [0.1, 0.15) is 0 Å². The molecule has 4 heteroatoms. The minimum atomic E-state index is 0.512. The van der Waals surface area contributed by atoms with Crippen molar-refractivity contribution in [3.8, 4) is 0 Å². The van der Waals surface area contributed by atoms with Gasteiger partial charge in [-0.05, 0) is 30.4 Å². The second kappa shape index (κ2) is 3.03. The molecule has 0 aliphatic heterocycles. The molecule has 13 heavy (non-hydrogen) atoms. The Morgan fingerprint density at radius 3 is 2.85 bits per heavy atom. The van der Waals surface area contributed by atoms with E-state index in [0.717, 1.165) is 18.3 Å². The topological polar surface area (TPSA) is 29.0 Å². The molecule has 3 nitrogen and oxygen atoms in total. The highest BCUT2D eigenvalue weighted by atomic mass is 32.1. The molecule has 0 radical (unpaired) electrons. The van der Waals surface area contributed by atoms with Gasteiger partial charge in [0.2, 0.25) is 0 Å². The molecule has 0 saturated heterocycles. The third-order valence-corrected chi connectivity index (χ3v) is 3.36. The van der Waals surface area contributed by atoms with Gasteiger partial charge in [0.05, 0.1) is 5.69 Å². The van der Waals surface area contributed by atoms with Gasteiger partial charge in [-0.3, -0.25) is 4.90 Å². The van der Waals surface area contributed by atoms with Gasteiger partial charge in [-0.25, -0.2) is 0 Å². The highest BCUT2D eigenvalue weighted by molar-refractivity contribution is 7.03. The van der Waals surface area contributed by atoms with Crippen LogP contribution in [0.3, 0.4) is 0 Å². The predicted octanol–water partition coefficient (Wildman–Crippen LogP) is 1.77. The molecular formula is C9H15N3S. The lowest BCUT2D eigenvalue weighted by atomic mass is 10.2. The third kappa shape index (κ3) is 1.89. The molecule has 1 aromatic heterocycles. The van der Waals surface area contributed by atoms with Gasteiger partial charge in [0.25, 0.3) is 0 Å². The van der Waals surface area contributed by atoms with E-state index in [-0.39, 0.29) is 0 Å². The molecule has 0 spiro atoms. The fourth-order valence-corrected chi connectivity index (χ4v) is 2.25. The van der Waals surface area contributed by atoms with Crippen LogP contribution >= 0.6 is 11.5 Å². The lowest BCUT2D eigenvalue weighted by Crippen LogP contribution is -2.23. The summed E-state index contributed by atoms with van der Waals surface area (Å²) in [5.74, 6) is 0. The lowest BCUT2D eigenvalue weighted by molar-refractivity contribution is 0.276. The zero-order valence-electron chi connectivity index (χ0n) is 8.32. The predicted molar refractivity (Wildman–Crippen MR) is 53.6 cm³/mol. The lowest BCUT2D eigenvalue weighted by Gasteiger charge is -2.16. The van der Waals surface area contributed by atoms with Gasteiger partial charge in [-0.1, -0.05) is 18.3 Å². The molecule has 0 aromatic carbocycles. The molecule has 1 heterocycles. The normalized spacial score (nSPS) is 25.1. The molecule has 1 aliphatic carbocycles. The van der Waals surface area contributed by atoms with E-state index >= 15 is 0 Å². The van der Waals surface area contributed by atoms with Crippen LogP contribution in [-0.2, 0) is 6.54 Å². The van der Waals surface area contributed by atoms with Gasteiger partial charge < -0.3 is 0 Å². The molecule has 1 saturated carbocycles. The number of nitrogens with zero attached hydrogens (tertiary/aromatic N) is 3. The van der Waals surface area contributed by atoms with Crippen LogP contribution in [-0.4, -0.2) is 27.6 Å². The van der Waals surface area contributed by atoms with Crippen molar-refractivity contribution >= 4 is 11.5 Å². The van der Waals surface area contributed by atoms with E-state index in [9.17, 15) is 0 Å². The standard InChI is InChI=1S/C9H15N3S/c1-9(2)4-8(9)12(3)5-7-6-13-11-10-7/h6,8H,4-5H2,1-3H3. The van der Waals surface area contributed by atoms with Gasteiger partial charge in [0, 0.05) is 18.0 Å². The van der Waals surface area contributed by atoms with E-state index in [4.69, 9.17) is 0 Å². The van der Waals surface area contributed by atoms with Crippen LogP contribution in [0.2, 0.25) is 0 Å². The summed E-state index contributed by atoms with van der Waals surface area (Å²) in [5, 5.41) is 6.06. The van der Waals surface area contributed by atoms with Crippen molar-refractivity contribution in [2.75, 3.05) is 7.05 Å². The molecule has 1 aliphatic rings. The first kappa shape index (κ1) is 9.09. The van der Waals surface area contributed by atoms with E-state index in [1.807, 2.05) is 5.38 Å². The van der Waals surface area contributed by atoms with Crippen LogP contribution in [0.1, 0.15) is 26.0 Å². The maximum absolute atomic E-state index is 4.04.